The summed E-state index contributed by atoms with van der Waals surface area (Å²) in [6.45, 7) is 0.958. The molecule has 1 unspecified atom stereocenters. The van der Waals surface area contributed by atoms with Crippen LogP contribution in [0.3, 0.4) is 0 Å². The molecule has 0 radical (unpaired) electrons. The van der Waals surface area contributed by atoms with Crippen LogP contribution < -0.4 is 4.90 Å². The number of nitriles is 1. The lowest BCUT2D eigenvalue weighted by atomic mass is 10.1. The Kier molecular flexibility index (Phi) is 7.12. The maximum Gasteiger partial charge on any atom is 0.390 e. The van der Waals surface area contributed by atoms with E-state index in [4.69, 9.17) is 28.5 Å². The fraction of sp³-hybridized carbons (Fsp3) is 0.381. The second-order valence-corrected chi connectivity index (χ2v) is 8.03. The molecule has 1 atom stereocenters. The van der Waals surface area contributed by atoms with Gasteiger partial charge in [-0.15, -0.1) is 0 Å². The van der Waals surface area contributed by atoms with Crippen LogP contribution >= 0.6 is 23.2 Å². The zero-order valence-corrected chi connectivity index (χ0v) is 17.4. The van der Waals surface area contributed by atoms with Crippen molar-refractivity contribution in [2.24, 2.45) is 0 Å². The van der Waals surface area contributed by atoms with Crippen molar-refractivity contribution in [3.63, 3.8) is 0 Å². The number of rotatable bonds is 6. The van der Waals surface area contributed by atoms with Gasteiger partial charge in [-0.25, -0.2) is 4.39 Å². The van der Waals surface area contributed by atoms with E-state index in [2.05, 4.69) is 0 Å². The molecule has 0 aromatic heterocycles. The zero-order valence-electron chi connectivity index (χ0n) is 15.9. The van der Waals surface area contributed by atoms with Crippen LogP contribution in [0.2, 0.25) is 10.0 Å². The van der Waals surface area contributed by atoms with Crippen LogP contribution in [0.15, 0.2) is 36.4 Å². The zero-order chi connectivity index (χ0) is 21.9. The quantitative estimate of drug-likeness (QED) is 0.493. The van der Waals surface area contributed by atoms with E-state index < -0.39 is 18.4 Å². The molecule has 3 rings (SSSR count). The molecule has 0 aliphatic carbocycles. The predicted octanol–water partition coefficient (Wildman–Crippen LogP) is 6.04. The first kappa shape index (κ1) is 22.7. The molecule has 30 heavy (non-hydrogen) atoms. The Hall–Kier alpha value is -2.01. The Morgan fingerprint density at radius 1 is 1.17 bits per heavy atom. The number of anilines is 1. The van der Waals surface area contributed by atoms with E-state index in [0.29, 0.717) is 36.3 Å². The van der Waals surface area contributed by atoms with E-state index in [1.165, 1.54) is 12.1 Å². The molecule has 2 aromatic carbocycles. The number of likely N-dealkylation sites (tertiary alicyclic amines) is 1. The van der Waals surface area contributed by atoms with Gasteiger partial charge in [0.2, 0.25) is 0 Å². The first-order chi connectivity index (χ1) is 14.2. The highest BCUT2D eigenvalue weighted by atomic mass is 35.5. The minimum Gasteiger partial charge on any atom is -0.363 e. The topological polar surface area (TPSA) is 30.3 Å². The Labute approximate surface area is 182 Å². The van der Waals surface area contributed by atoms with Crippen LogP contribution in [0.1, 0.15) is 24.0 Å². The summed E-state index contributed by atoms with van der Waals surface area (Å²) >= 11 is 12.4. The first-order valence-corrected chi connectivity index (χ1v) is 10.1. The fourth-order valence-corrected chi connectivity index (χ4v) is 4.05. The molecule has 0 N–H and O–H groups in total. The van der Waals surface area contributed by atoms with Gasteiger partial charge < -0.3 is 9.80 Å². The molecule has 1 saturated heterocycles. The molecule has 0 bridgehead atoms. The normalized spacial score (nSPS) is 17.2. The molecular formula is C21H19Cl2F4N3. The molecule has 1 fully saturated rings. The third-order valence-corrected chi connectivity index (χ3v) is 5.86. The van der Waals surface area contributed by atoms with Gasteiger partial charge in [0.1, 0.15) is 11.9 Å². The standard InChI is InChI=1S/C21H19Cl2F4N3/c22-18-2-1-3-20(24)17(18)13-30(15-5-4-14(11-28)19(23)10-15)16-6-8-29(12-16)9-7-21(25,26)27/h1-5,10,16H,6-9,12-13H2. The van der Waals surface area contributed by atoms with Crippen LogP contribution in [-0.4, -0.2) is 36.8 Å². The lowest BCUT2D eigenvalue weighted by Crippen LogP contribution is -2.38. The van der Waals surface area contributed by atoms with Crippen molar-refractivity contribution in [3.8, 4) is 6.07 Å². The predicted molar refractivity (Wildman–Crippen MR) is 109 cm³/mol. The average Bonchev–Trinajstić information content (AvgIpc) is 3.14. The first-order valence-electron chi connectivity index (χ1n) is 9.36. The summed E-state index contributed by atoms with van der Waals surface area (Å²) < 4.78 is 52.2. The molecule has 160 valence electrons. The van der Waals surface area contributed by atoms with Crippen molar-refractivity contribution >= 4 is 28.9 Å². The van der Waals surface area contributed by atoms with E-state index in [1.807, 2.05) is 11.0 Å². The summed E-state index contributed by atoms with van der Waals surface area (Å²) in [6.07, 6.45) is -4.47. The van der Waals surface area contributed by atoms with Crippen LogP contribution in [-0.2, 0) is 6.54 Å². The molecular weight excluding hydrogens is 441 g/mol. The monoisotopic (exact) mass is 459 g/mol. The van der Waals surface area contributed by atoms with Gasteiger partial charge in [-0.1, -0.05) is 29.3 Å². The fourth-order valence-electron chi connectivity index (χ4n) is 3.61. The molecule has 1 aliphatic heterocycles. The number of nitrogens with zero attached hydrogens (tertiary/aromatic N) is 3. The minimum absolute atomic E-state index is 0.0809. The second kappa shape index (κ2) is 9.42. The molecule has 0 amide bonds. The Morgan fingerprint density at radius 2 is 1.93 bits per heavy atom. The van der Waals surface area contributed by atoms with E-state index in [9.17, 15) is 17.6 Å². The number of hydrogen-bond donors (Lipinski definition) is 0. The van der Waals surface area contributed by atoms with Crippen LogP contribution in [0.25, 0.3) is 0 Å². The van der Waals surface area contributed by atoms with Gasteiger partial charge >= 0.3 is 6.18 Å². The molecule has 9 heteroatoms. The highest BCUT2D eigenvalue weighted by Gasteiger charge is 2.33. The molecule has 0 saturated carbocycles. The van der Waals surface area contributed by atoms with Gasteiger partial charge in [0.15, 0.2) is 0 Å². The number of benzene rings is 2. The molecule has 2 aromatic rings. The Balaban J connectivity index is 1.87. The summed E-state index contributed by atoms with van der Waals surface area (Å²) in [5, 5.41) is 9.64. The van der Waals surface area contributed by atoms with E-state index >= 15 is 0 Å². The maximum absolute atomic E-state index is 14.4. The molecule has 1 heterocycles. The number of hydrogen-bond acceptors (Lipinski definition) is 3. The minimum atomic E-state index is -4.21. The largest absolute Gasteiger partial charge is 0.390 e. The summed E-state index contributed by atoms with van der Waals surface area (Å²) in [5.74, 6) is -0.459. The van der Waals surface area contributed by atoms with Gasteiger partial charge in [-0.3, -0.25) is 0 Å². The van der Waals surface area contributed by atoms with Gasteiger partial charge in [0, 0.05) is 48.5 Å². The molecule has 3 nitrogen and oxygen atoms in total. The smallest absolute Gasteiger partial charge is 0.363 e. The Bertz CT molecular complexity index is 923. The summed E-state index contributed by atoms with van der Waals surface area (Å²) in [5.41, 5.74) is 1.26. The molecule has 1 aliphatic rings. The van der Waals surface area contributed by atoms with Gasteiger partial charge in [0.05, 0.1) is 17.0 Å². The van der Waals surface area contributed by atoms with Gasteiger partial charge in [0.25, 0.3) is 0 Å². The van der Waals surface area contributed by atoms with Crippen molar-refractivity contribution in [3.05, 3.63) is 63.4 Å². The van der Waals surface area contributed by atoms with Crippen LogP contribution in [0, 0.1) is 17.1 Å². The third-order valence-electron chi connectivity index (χ3n) is 5.19. The number of halogens is 6. The van der Waals surface area contributed by atoms with Crippen molar-refractivity contribution < 1.29 is 17.6 Å². The highest BCUT2D eigenvalue weighted by Crippen LogP contribution is 2.32. The van der Waals surface area contributed by atoms with Crippen LogP contribution in [0.5, 0.6) is 0 Å². The lowest BCUT2D eigenvalue weighted by molar-refractivity contribution is -0.137. The summed E-state index contributed by atoms with van der Waals surface area (Å²) in [4.78, 5) is 3.64. The van der Waals surface area contributed by atoms with E-state index in [1.54, 1.807) is 29.2 Å². The average molecular weight is 460 g/mol. The van der Waals surface area contributed by atoms with Gasteiger partial charge in [-0.05, 0) is 36.8 Å². The van der Waals surface area contributed by atoms with Crippen molar-refractivity contribution in [2.45, 2.75) is 31.6 Å². The highest BCUT2D eigenvalue weighted by molar-refractivity contribution is 6.32. The van der Waals surface area contributed by atoms with Gasteiger partial charge in [-0.2, -0.15) is 18.4 Å². The van der Waals surface area contributed by atoms with Crippen molar-refractivity contribution in [1.82, 2.24) is 4.90 Å². The van der Waals surface area contributed by atoms with E-state index in [0.717, 1.165) is 0 Å². The summed E-state index contributed by atoms with van der Waals surface area (Å²) in [7, 11) is 0. The number of alkyl halides is 3. The van der Waals surface area contributed by atoms with Crippen molar-refractivity contribution in [2.75, 3.05) is 24.5 Å². The second-order valence-electron chi connectivity index (χ2n) is 7.21. The maximum atomic E-state index is 14.4. The summed E-state index contributed by atoms with van der Waals surface area (Å²) in [6, 6.07) is 11.2. The van der Waals surface area contributed by atoms with Crippen LogP contribution in [0.4, 0.5) is 23.2 Å². The third kappa shape index (κ3) is 5.57. The Morgan fingerprint density at radius 3 is 2.57 bits per heavy atom. The van der Waals surface area contributed by atoms with E-state index in [-0.39, 0.29) is 29.2 Å². The molecule has 0 spiro atoms. The SMILES string of the molecule is N#Cc1ccc(N(Cc2c(F)cccc2Cl)C2CCN(CCC(F)(F)F)C2)cc1Cl. The lowest BCUT2D eigenvalue weighted by Gasteiger charge is -2.32. The van der Waals surface area contributed by atoms with Crippen molar-refractivity contribution in [1.29, 1.82) is 5.26 Å².